The summed E-state index contributed by atoms with van der Waals surface area (Å²) in [5.74, 6) is 1.17. The summed E-state index contributed by atoms with van der Waals surface area (Å²) in [7, 11) is 0. The molecule has 1 heterocycles. The Hall–Kier alpha value is -0.570. The van der Waals surface area contributed by atoms with E-state index in [4.69, 9.17) is 0 Å². The van der Waals surface area contributed by atoms with Crippen LogP contribution in [0.1, 0.15) is 20.3 Å². The van der Waals surface area contributed by atoms with Gasteiger partial charge in [-0.3, -0.25) is 9.89 Å². The molecule has 0 bridgehead atoms. The first-order valence-electron chi connectivity index (χ1n) is 4.86. The van der Waals surface area contributed by atoms with Crippen molar-refractivity contribution in [3.8, 4) is 0 Å². The molecule has 1 aliphatic rings. The van der Waals surface area contributed by atoms with Crippen molar-refractivity contribution in [2.24, 2.45) is 4.99 Å². The molecule has 0 unspecified atom stereocenters. The van der Waals surface area contributed by atoms with Gasteiger partial charge >= 0.3 is 0 Å². The second kappa shape index (κ2) is 5.14. The molecule has 0 aliphatic carbocycles. The van der Waals surface area contributed by atoms with Gasteiger partial charge in [0.2, 0.25) is 0 Å². The monoisotopic (exact) mass is 169 g/mol. The van der Waals surface area contributed by atoms with E-state index in [0.29, 0.717) is 0 Å². The van der Waals surface area contributed by atoms with Crippen LogP contribution in [0.25, 0.3) is 0 Å². The molecular weight excluding hydrogens is 150 g/mol. The van der Waals surface area contributed by atoms with Crippen molar-refractivity contribution in [2.45, 2.75) is 20.3 Å². The van der Waals surface area contributed by atoms with Gasteiger partial charge in [0, 0.05) is 13.1 Å². The Morgan fingerprint density at radius 1 is 1.42 bits per heavy atom. The first kappa shape index (κ1) is 9.52. The van der Waals surface area contributed by atoms with Crippen molar-refractivity contribution in [3.05, 3.63) is 0 Å². The molecular formula is C9H19N3. The van der Waals surface area contributed by atoms with Gasteiger partial charge < -0.3 is 5.32 Å². The van der Waals surface area contributed by atoms with Crippen LogP contribution in [-0.4, -0.2) is 43.5 Å². The molecule has 12 heavy (non-hydrogen) atoms. The van der Waals surface area contributed by atoms with Crippen LogP contribution in [0.15, 0.2) is 4.99 Å². The average molecular weight is 169 g/mol. The summed E-state index contributed by atoms with van der Waals surface area (Å²) in [6.45, 7) is 9.69. The number of nitrogens with zero attached hydrogens (tertiary/aromatic N) is 2. The first-order chi connectivity index (χ1) is 5.86. The van der Waals surface area contributed by atoms with E-state index in [0.717, 1.165) is 32.7 Å². The van der Waals surface area contributed by atoms with Gasteiger partial charge in [-0.25, -0.2) is 0 Å². The third-order valence-electron chi connectivity index (χ3n) is 2.23. The van der Waals surface area contributed by atoms with Gasteiger partial charge in [-0.05, 0) is 19.5 Å². The highest BCUT2D eigenvalue weighted by Gasteiger charge is 2.06. The molecule has 0 aromatic carbocycles. The highest BCUT2D eigenvalue weighted by Crippen LogP contribution is 1.93. The van der Waals surface area contributed by atoms with E-state index in [1.807, 2.05) is 0 Å². The van der Waals surface area contributed by atoms with Gasteiger partial charge in [0.15, 0.2) is 0 Å². The molecule has 0 aromatic heterocycles. The minimum absolute atomic E-state index is 0.993. The lowest BCUT2D eigenvalue weighted by atomic mass is 10.3. The Morgan fingerprint density at radius 2 is 2.17 bits per heavy atom. The molecule has 0 amide bonds. The lowest BCUT2D eigenvalue weighted by Crippen LogP contribution is -2.39. The zero-order chi connectivity index (χ0) is 8.81. The maximum atomic E-state index is 4.43. The van der Waals surface area contributed by atoms with Crippen molar-refractivity contribution in [1.29, 1.82) is 0 Å². The van der Waals surface area contributed by atoms with Crippen LogP contribution < -0.4 is 5.32 Å². The van der Waals surface area contributed by atoms with Crippen LogP contribution in [0.5, 0.6) is 0 Å². The van der Waals surface area contributed by atoms with Crippen LogP contribution >= 0.6 is 0 Å². The Morgan fingerprint density at radius 3 is 2.67 bits per heavy atom. The molecule has 1 rings (SSSR count). The SMILES string of the molecule is CCN(CC)CC1=NCCCN1. The maximum absolute atomic E-state index is 4.43. The fourth-order valence-corrected chi connectivity index (χ4v) is 1.35. The summed E-state index contributed by atoms with van der Waals surface area (Å²) in [6, 6.07) is 0. The zero-order valence-electron chi connectivity index (χ0n) is 8.14. The fourth-order valence-electron chi connectivity index (χ4n) is 1.35. The smallest absolute Gasteiger partial charge is 0.111 e. The molecule has 0 fully saturated rings. The molecule has 0 saturated heterocycles. The normalized spacial score (nSPS) is 17.4. The van der Waals surface area contributed by atoms with Gasteiger partial charge in [-0.15, -0.1) is 0 Å². The average Bonchev–Trinajstić information content (AvgIpc) is 2.16. The summed E-state index contributed by atoms with van der Waals surface area (Å²) in [5.41, 5.74) is 0. The van der Waals surface area contributed by atoms with E-state index in [1.165, 1.54) is 12.3 Å². The molecule has 0 aromatic rings. The third kappa shape index (κ3) is 2.81. The summed E-state index contributed by atoms with van der Waals surface area (Å²) in [4.78, 5) is 6.80. The van der Waals surface area contributed by atoms with Gasteiger partial charge in [-0.1, -0.05) is 13.8 Å². The number of likely N-dealkylation sites (N-methyl/N-ethyl adjacent to an activating group) is 1. The predicted molar refractivity (Wildman–Crippen MR) is 52.7 cm³/mol. The Labute approximate surface area is 74.9 Å². The second-order valence-corrected chi connectivity index (χ2v) is 3.07. The Balaban J connectivity index is 2.32. The van der Waals surface area contributed by atoms with Crippen molar-refractivity contribution >= 4 is 5.84 Å². The minimum atomic E-state index is 0.993. The highest BCUT2D eigenvalue weighted by atomic mass is 15.2. The molecule has 0 spiro atoms. The molecule has 3 heteroatoms. The summed E-state index contributed by atoms with van der Waals surface area (Å²) in [5, 5.41) is 3.33. The quantitative estimate of drug-likeness (QED) is 0.671. The molecule has 1 N–H and O–H groups in total. The first-order valence-corrected chi connectivity index (χ1v) is 4.86. The van der Waals surface area contributed by atoms with Crippen LogP contribution in [0, 0.1) is 0 Å². The molecule has 0 saturated carbocycles. The van der Waals surface area contributed by atoms with E-state index >= 15 is 0 Å². The lowest BCUT2D eigenvalue weighted by molar-refractivity contribution is 0.343. The molecule has 0 radical (unpaired) electrons. The lowest BCUT2D eigenvalue weighted by Gasteiger charge is -2.22. The van der Waals surface area contributed by atoms with Crippen molar-refractivity contribution < 1.29 is 0 Å². The van der Waals surface area contributed by atoms with Crippen LogP contribution in [0.4, 0.5) is 0 Å². The van der Waals surface area contributed by atoms with Crippen LogP contribution in [0.2, 0.25) is 0 Å². The van der Waals surface area contributed by atoms with E-state index in [9.17, 15) is 0 Å². The van der Waals surface area contributed by atoms with Crippen molar-refractivity contribution in [2.75, 3.05) is 32.7 Å². The molecule has 1 aliphatic heterocycles. The zero-order valence-corrected chi connectivity index (χ0v) is 8.14. The Kier molecular flexibility index (Phi) is 4.08. The molecule has 3 nitrogen and oxygen atoms in total. The topological polar surface area (TPSA) is 27.6 Å². The van der Waals surface area contributed by atoms with Gasteiger partial charge in [0.25, 0.3) is 0 Å². The summed E-state index contributed by atoms with van der Waals surface area (Å²) < 4.78 is 0. The second-order valence-electron chi connectivity index (χ2n) is 3.07. The predicted octanol–water partition coefficient (Wildman–Crippen LogP) is 0.720. The highest BCUT2D eigenvalue weighted by molar-refractivity contribution is 5.84. The van der Waals surface area contributed by atoms with Gasteiger partial charge in [0.05, 0.1) is 6.54 Å². The minimum Gasteiger partial charge on any atom is -0.373 e. The number of nitrogens with one attached hydrogen (secondary N) is 1. The van der Waals surface area contributed by atoms with Crippen LogP contribution in [-0.2, 0) is 0 Å². The van der Waals surface area contributed by atoms with Crippen molar-refractivity contribution in [1.82, 2.24) is 10.2 Å². The largest absolute Gasteiger partial charge is 0.373 e. The fraction of sp³-hybridized carbons (Fsp3) is 0.889. The number of amidine groups is 1. The molecule has 70 valence electrons. The van der Waals surface area contributed by atoms with Crippen molar-refractivity contribution in [3.63, 3.8) is 0 Å². The standard InChI is InChI=1S/C9H19N3/c1-3-12(4-2)8-9-10-6-5-7-11-9/h3-8H2,1-2H3,(H,10,11). The number of hydrogen-bond acceptors (Lipinski definition) is 3. The number of rotatable bonds is 4. The van der Waals surface area contributed by atoms with Gasteiger partial charge in [0.1, 0.15) is 5.84 Å². The van der Waals surface area contributed by atoms with Gasteiger partial charge in [-0.2, -0.15) is 0 Å². The Bertz CT molecular complexity index is 150. The molecule has 0 atom stereocenters. The summed E-state index contributed by atoms with van der Waals surface area (Å²) in [6.07, 6.45) is 1.18. The van der Waals surface area contributed by atoms with E-state index < -0.39 is 0 Å². The maximum Gasteiger partial charge on any atom is 0.111 e. The van der Waals surface area contributed by atoms with E-state index in [-0.39, 0.29) is 0 Å². The third-order valence-corrected chi connectivity index (χ3v) is 2.23. The van der Waals surface area contributed by atoms with E-state index in [2.05, 4.69) is 29.1 Å². The number of aliphatic imine (C=N–C) groups is 1. The summed E-state index contributed by atoms with van der Waals surface area (Å²) >= 11 is 0. The van der Waals surface area contributed by atoms with Crippen LogP contribution in [0.3, 0.4) is 0 Å². The van der Waals surface area contributed by atoms with E-state index in [1.54, 1.807) is 0 Å². The number of hydrogen-bond donors (Lipinski definition) is 1.